The molecule has 2 aliphatic rings. The second kappa shape index (κ2) is 8.09. The van der Waals surface area contributed by atoms with Crippen molar-refractivity contribution in [3.8, 4) is 0 Å². The predicted octanol–water partition coefficient (Wildman–Crippen LogP) is 2.76. The van der Waals surface area contributed by atoms with Gasteiger partial charge in [0.15, 0.2) is 0 Å². The molecule has 0 aromatic rings. The first-order valence-electron chi connectivity index (χ1n) is 9.14. The van der Waals surface area contributed by atoms with Gasteiger partial charge >= 0.3 is 0 Å². The smallest absolute Gasteiger partial charge is 0.0707 e. The lowest BCUT2D eigenvalue weighted by molar-refractivity contribution is -0.0965. The molecule has 0 amide bonds. The average molecular weight is 312 g/mol. The van der Waals surface area contributed by atoms with Gasteiger partial charge in [0.25, 0.3) is 0 Å². The maximum Gasteiger partial charge on any atom is 0.0707 e. The summed E-state index contributed by atoms with van der Waals surface area (Å²) in [5, 5.41) is 0. The summed E-state index contributed by atoms with van der Waals surface area (Å²) in [6, 6.07) is 1.23. The van der Waals surface area contributed by atoms with Gasteiger partial charge < -0.3 is 9.47 Å². The number of hydrogen-bond acceptors (Lipinski definition) is 4. The molecule has 0 aliphatic carbocycles. The van der Waals surface area contributed by atoms with Crippen molar-refractivity contribution in [3.63, 3.8) is 0 Å². The molecule has 4 nitrogen and oxygen atoms in total. The Bertz CT molecular complexity index is 327. The second-order valence-corrected chi connectivity index (χ2v) is 7.75. The van der Waals surface area contributed by atoms with Crippen molar-refractivity contribution in [1.29, 1.82) is 0 Å². The first-order valence-corrected chi connectivity index (χ1v) is 9.14. The summed E-state index contributed by atoms with van der Waals surface area (Å²) in [5.74, 6) is 0. The van der Waals surface area contributed by atoms with Crippen molar-refractivity contribution >= 4 is 0 Å². The molecule has 130 valence electrons. The van der Waals surface area contributed by atoms with Crippen LogP contribution in [0, 0.1) is 0 Å². The molecule has 0 aromatic heterocycles. The lowest BCUT2D eigenvalue weighted by Gasteiger charge is -2.41. The van der Waals surface area contributed by atoms with Crippen molar-refractivity contribution in [3.05, 3.63) is 0 Å². The molecule has 0 aromatic carbocycles. The van der Waals surface area contributed by atoms with Crippen LogP contribution in [0.25, 0.3) is 0 Å². The first kappa shape index (κ1) is 18.2. The minimum atomic E-state index is 0.355. The highest BCUT2D eigenvalue weighted by molar-refractivity contribution is 4.81. The van der Waals surface area contributed by atoms with Gasteiger partial charge in [-0.15, -0.1) is 0 Å². The van der Waals surface area contributed by atoms with E-state index in [4.69, 9.17) is 9.47 Å². The predicted molar refractivity (Wildman–Crippen MR) is 91.3 cm³/mol. The lowest BCUT2D eigenvalue weighted by atomic mass is 10.0. The van der Waals surface area contributed by atoms with Crippen molar-refractivity contribution in [2.45, 2.75) is 90.9 Å². The van der Waals surface area contributed by atoms with E-state index in [0.29, 0.717) is 36.5 Å². The summed E-state index contributed by atoms with van der Waals surface area (Å²) in [6.45, 7) is 17.8. The van der Waals surface area contributed by atoms with Crippen LogP contribution in [0.15, 0.2) is 0 Å². The van der Waals surface area contributed by atoms with Gasteiger partial charge in [0.2, 0.25) is 0 Å². The highest BCUT2D eigenvalue weighted by Gasteiger charge is 2.29. The molecular formula is C18H36N2O2. The molecule has 2 fully saturated rings. The minimum Gasteiger partial charge on any atom is -0.373 e. The summed E-state index contributed by atoms with van der Waals surface area (Å²) in [4.78, 5) is 5.15. The van der Waals surface area contributed by atoms with Gasteiger partial charge in [0.1, 0.15) is 0 Å². The molecule has 2 saturated heterocycles. The number of morpholine rings is 2. The number of hydrogen-bond donors (Lipinski definition) is 0. The quantitative estimate of drug-likeness (QED) is 0.779. The normalized spacial score (nSPS) is 36.7. The Morgan fingerprint density at radius 1 is 0.818 bits per heavy atom. The third-order valence-electron chi connectivity index (χ3n) is 5.06. The summed E-state index contributed by atoms with van der Waals surface area (Å²) in [5.41, 5.74) is 0. The minimum absolute atomic E-state index is 0.355. The van der Waals surface area contributed by atoms with E-state index in [1.807, 2.05) is 0 Å². The summed E-state index contributed by atoms with van der Waals surface area (Å²) in [6.07, 6.45) is 3.84. The summed E-state index contributed by atoms with van der Waals surface area (Å²) in [7, 11) is 0. The maximum absolute atomic E-state index is 6.16. The topological polar surface area (TPSA) is 24.9 Å². The van der Waals surface area contributed by atoms with Crippen molar-refractivity contribution in [2.24, 2.45) is 0 Å². The monoisotopic (exact) mass is 312 g/mol. The number of nitrogens with zero attached hydrogens (tertiary/aromatic N) is 2. The van der Waals surface area contributed by atoms with E-state index in [1.165, 1.54) is 6.42 Å². The van der Waals surface area contributed by atoms with Crippen LogP contribution in [0.2, 0.25) is 0 Å². The van der Waals surface area contributed by atoms with Gasteiger partial charge in [-0.05, 0) is 54.4 Å². The van der Waals surface area contributed by atoms with Gasteiger partial charge in [-0.1, -0.05) is 0 Å². The van der Waals surface area contributed by atoms with Crippen molar-refractivity contribution < 1.29 is 9.47 Å². The van der Waals surface area contributed by atoms with Crippen LogP contribution in [0.4, 0.5) is 0 Å². The van der Waals surface area contributed by atoms with E-state index in [1.54, 1.807) is 0 Å². The maximum atomic E-state index is 6.16. The zero-order valence-electron chi connectivity index (χ0n) is 15.4. The third kappa shape index (κ3) is 5.19. The van der Waals surface area contributed by atoms with Crippen LogP contribution < -0.4 is 0 Å². The highest BCUT2D eigenvalue weighted by atomic mass is 16.5. The molecule has 2 heterocycles. The molecule has 2 aliphatic heterocycles. The highest BCUT2D eigenvalue weighted by Crippen LogP contribution is 2.21. The lowest BCUT2D eigenvalue weighted by Crippen LogP contribution is -2.51. The fourth-order valence-electron chi connectivity index (χ4n) is 3.85. The van der Waals surface area contributed by atoms with Crippen LogP contribution in [0.1, 0.15) is 54.4 Å². The van der Waals surface area contributed by atoms with E-state index >= 15 is 0 Å². The molecule has 0 bridgehead atoms. The van der Waals surface area contributed by atoms with Crippen LogP contribution in [0.3, 0.4) is 0 Å². The molecule has 0 spiro atoms. The van der Waals surface area contributed by atoms with Gasteiger partial charge in [-0.25, -0.2) is 0 Å². The zero-order valence-corrected chi connectivity index (χ0v) is 15.4. The molecule has 22 heavy (non-hydrogen) atoms. The zero-order chi connectivity index (χ0) is 16.3. The van der Waals surface area contributed by atoms with Gasteiger partial charge in [-0.3, -0.25) is 9.80 Å². The largest absolute Gasteiger partial charge is 0.373 e. The van der Waals surface area contributed by atoms with Crippen molar-refractivity contribution in [1.82, 2.24) is 9.80 Å². The fourth-order valence-corrected chi connectivity index (χ4v) is 3.85. The molecule has 3 unspecified atom stereocenters. The fraction of sp³-hybridized carbons (Fsp3) is 1.00. The first-order chi connectivity index (χ1) is 10.3. The molecule has 0 N–H and O–H groups in total. The molecule has 2 rings (SSSR count). The standard InChI is InChI=1S/C18H36N2O2/c1-13(2)19-9-17(6)22-18(12-19)8-7-14(3)20-10-15(4)21-16(5)11-20/h13-18H,7-12H2,1-6H3/t14?,15?,16?,17-,18+/m1/s1. The molecule has 0 saturated carbocycles. The van der Waals surface area contributed by atoms with Crippen LogP contribution in [0.5, 0.6) is 0 Å². The third-order valence-corrected chi connectivity index (χ3v) is 5.06. The molecule has 0 radical (unpaired) electrons. The van der Waals surface area contributed by atoms with E-state index in [9.17, 15) is 0 Å². The van der Waals surface area contributed by atoms with Crippen LogP contribution in [-0.4, -0.2) is 72.5 Å². The number of ether oxygens (including phenoxy) is 2. The van der Waals surface area contributed by atoms with Crippen LogP contribution in [-0.2, 0) is 9.47 Å². The van der Waals surface area contributed by atoms with Gasteiger partial charge in [0.05, 0.1) is 24.4 Å². The molecular weight excluding hydrogens is 276 g/mol. The van der Waals surface area contributed by atoms with Crippen LogP contribution >= 0.6 is 0 Å². The Hall–Kier alpha value is -0.160. The summed E-state index contributed by atoms with van der Waals surface area (Å²) < 4.78 is 12.0. The van der Waals surface area contributed by atoms with Gasteiger partial charge in [0, 0.05) is 38.3 Å². The molecule has 4 heteroatoms. The van der Waals surface area contributed by atoms with E-state index in [2.05, 4.69) is 51.3 Å². The molecule has 5 atom stereocenters. The SMILES string of the molecule is CC1CN(C(C)CC[C@H]2CN(C(C)C)C[C@@H](C)O2)CC(C)O1. The Balaban J connectivity index is 1.78. The van der Waals surface area contributed by atoms with Gasteiger partial charge in [-0.2, -0.15) is 0 Å². The van der Waals surface area contributed by atoms with E-state index < -0.39 is 0 Å². The Labute approximate surface area is 137 Å². The van der Waals surface area contributed by atoms with E-state index in [0.717, 1.165) is 32.6 Å². The Morgan fingerprint density at radius 3 is 1.95 bits per heavy atom. The summed E-state index contributed by atoms with van der Waals surface area (Å²) >= 11 is 0. The van der Waals surface area contributed by atoms with Crippen molar-refractivity contribution in [2.75, 3.05) is 26.2 Å². The Kier molecular flexibility index (Phi) is 6.69. The second-order valence-electron chi connectivity index (χ2n) is 7.75. The number of rotatable bonds is 5. The van der Waals surface area contributed by atoms with E-state index in [-0.39, 0.29) is 0 Å². The Morgan fingerprint density at radius 2 is 1.36 bits per heavy atom. The average Bonchev–Trinajstić information content (AvgIpc) is 2.43.